The van der Waals surface area contributed by atoms with E-state index in [-0.39, 0.29) is 6.61 Å². The lowest BCUT2D eigenvalue weighted by atomic mass is 10.2. The highest BCUT2D eigenvalue weighted by Gasteiger charge is 2.07. The second-order valence-corrected chi connectivity index (χ2v) is 4.06. The Morgan fingerprint density at radius 2 is 2.00 bits per heavy atom. The summed E-state index contributed by atoms with van der Waals surface area (Å²) in [6, 6.07) is 5.02. The summed E-state index contributed by atoms with van der Waals surface area (Å²) < 4.78 is 5.35. The first-order valence-corrected chi connectivity index (χ1v) is 5.81. The third-order valence-electron chi connectivity index (χ3n) is 2.13. The molecule has 0 atom stereocenters. The van der Waals surface area contributed by atoms with E-state index >= 15 is 0 Å². The molecular weight excluding hydrogens is 263 g/mol. The molecule has 0 radical (unpaired) electrons. The first-order valence-electron chi connectivity index (χ1n) is 5.05. The van der Waals surface area contributed by atoms with Gasteiger partial charge >= 0.3 is 5.97 Å². The summed E-state index contributed by atoms with van der Waals surface area (Å²) in [5.74, 6) is -0.575. The molecule has 1 aromatic rings. The molecule has 5 heteroatoms. The van der Waals surface area contributed by atoms with Gasteiger partial charge in [-0.05, 0) is 24.6 Å². The predicted octanol–water partition coefficient (Wildman–Crippen LogP) is 3.79. The molecule has 0 aliphatic heterocycles. The second-order valence-electron chi connectivity index (χ2n) is 3.25. The van der Waals surface area contributed by atoms with Crippen molar-refractivity contribution in [1.82, 2.24) is 0 Å². The van der Waals surface area contributed by atoms with Crippen LogP contribution in [0.15, 0.2) is 29.8 Å². The van der Waals surface area contributed by atoms with E-state index in [1.807, 2.05) is 0 Å². The number of halogens is 2. The highest BCUT2D eigenvalue weighted by Crippen LogP contribution is 2.32. The second kappa shape index (κ2) is 6.52. The Morgan fingerprint density at radius 1 is 1.41 bits per heavy atom. The molecule has 17 heavy (non-hydrogen) atoms. The molecule has 0 aromatic heterocycles. The van der Waals surface area contributed by atoms with Crippen molar-refractivity contribution in [2.24, 2.45) is 0 Å². The summed E-state index contributed by atoms with van der Waals surface area (Å²) in [6.07, 6.45) is 1.94. The van der Waals surface area contributed by atoms with Crippen LogP contribution in [0.4, 0.5) is 0 Å². The number of carboxylic acid groups (broad SMARTS) is 1. The van der Waals surface area contributed by atoms with E-state index in [1.165, 1.54) is 6.08 Å². The lowest BCUT2D eigenvalue weighted by Crippen LogP contribution is -2.03. The van der Waals surface area contributed by atoms with Crippen LogP contribution >= 0.6 is 23.2 Å². The van der Waals surface area contributed by atoms with Crippen molar-refractivity contribution in [3.05, 3.63) is 39.9 Å². The van der Waals surface area contributed by atoms with E-state index in [2.05, 4.69) is 0 Å². The number of hydrogen-bond donors (Lipinski definition) is 1. The van der Waals surface area contributed by atoms with Crippen LogP contribution in [0.25, 0.3) is 0 Å². The van der Waals surface area contributed by atoms with Gasteiger partial charge in [-0.3, -0.25) is 0 Å². The summed E-state index contributed by atoms with van der Waals surface area (Å²) >= 11 is 11.8. The van der Waals surface area contributed by atoms with Gasteiger partial charge in [0.15, 0.2) is 5.75 Å². The Bertz CT molecular complexity index is 421. The molecule has 0 aliphatic carbocycles. The first-order chi connectivity index (χ1) is 8.06. The fourth-order valence-electron chi connectivity index (χ4n) is 1.23. The molecule has 3 nitrogen and oxygen atoms in total. The lowest BCUT2D eigenvalue weighted by Gasteiger charge is -2.07. The molecule has 0 heterocycles. The number of para-hydroxylation sites is 1. The molecule has 0 spiro atoms. The van der Waals surface area contributed by atoms with Gasteiger partial charge in [0.05, 0.1) is 10.0 Å². The smallest absolute Gasteiger partial charge is 0.331 e. The summed E-state index contributed by atoms with van der Waals surface area (Å²) in [6.45, 7) is 1.89. The molecular formula is C12H12Cl2O3. The third-order valence-corrected chi connectivity index (χ3v) is 2.73. The van der Waals surface area contributed by atoms with Crippen molar-refractivity contribution < 1.29 is 14.6 Å². The maximum absolute atomic E-state index is 10.7. The van der Waals surface area contributed by atoms with Crippen molar-refractivity contribution in [3.63, 3.8) is 0 Å². The predicted molar refractivity (Wildman–Crippen MR) is 68.0 cm³/mol. The molecule has 0 saturated carbocycles. The van der Waals surface area contributed by atoms with Gasteiger partial charge in [-0.15, -0.1) is 0 Å². The standard InChI is InChI=1S/C12H12Cl2O3/c1-2-8(12(15)16)6-7-17-11-9(13)4-3-5-10(11)14/h3-6H,2,7H2,1H3,(H,15,16). The van der Waals surface area contributed by atoms with Gasteiger partial charge in [0, 0.05) is 5.57 Å². The van der Waals surface area contributed by atoms with Gasteiger partial charge < -0.3 is 9.84 Å². The van der Waals surface area contributed by atoms with Crippen molar-refractivity contribution in [1.29, 1.82) is 0 Å². The largest absolute Gasteiger partial charge is 0.486 e. The average molecular weight is 275 g/mol. The van der Waals surface area contributed by atoms with Crippen LogP contribution in [-0.2, 0) is 4.79 Å². The number of carboxylic acids is 1. The Labute approximate surface area is 110 Å². The van der Waals surface area contributed by atoms with Crippen LogP contribution in [0.5, 0.6) is 5.75 Å². The highest BCUT2D eigenvalue weighted by molar-refractivity contribution is 6.37. The molecule has 1 rings (SSSR count). The van der Waals surface area contributed by atoms with E-state index in [0.717, 1.165) is 0 Å². The van der Waals surface area contributed by atoms with Gasteiger partial charge in [-0.1, -0.05) is 36.2 Å². The summed E-state index contributed by atoms with van der Waals surface area (Å²) in [5.41, 5.74) is 0.299. The highest BCUT2D eigenvalue weighted by atomic mass is 35.5. The Balaban J connectivity index is 2.71. The number of benzene rings is 1. The lowest BCUT2D eigenvalue weighted by molar-refractivity contribution is -0.132. The van der Waals surface area contributed by atoms with E-state index in [4.69, 9.17) is 33.0 Å². The van der Waals surface area contributed by atoms with Crippen molar-refractivity contribution in [2.75, 3.05) is 6.61 Å². The van der Waals surface area contributed by atoms with Gasteiger partial charge in [0.1, 0.15) is 6.61 Å². The molecule has 1 aromatic carbocycles. The van der Waals surface area contributed by atoms with E-state index in [1.54, 1.807) is 25.1 Å². The zero-order valence-electron chi connectivity index (χ0n) is 9.24. The van der Waals surface area contributed by atoms with E-state index < -0.39 is 5.97 Å². The minimum Gasteiger partial charge on any atom is -0.486 e. The van der Waals surface area contributed by atoms with E-state index in [9.17, 15) is 4.79 Å². The molecule has 0 amide bonds. The normalized spacial score (nSPS) is 11.4. The quantitative estimate of drug-likeness (QED) is 0.831. The summed E-state index contributed by atoms with van der Waals surface area (Å²) in [7, 11) is 0. The topological polar surface area (TPSA) is 46.5 Å². The molecule has 0 unspecified atom stereocenters. The van der Waals surface area contributed by atoms with Gasteiger partial charge in [-0.25, -0.2) is 4.79 Å². The van der Waals surface area contributed by atoms with Crippen molar-refractivity contribution in [3.8, 4) is 5.75 Å². The number of ether oxygens (including phenoxy) is 1. The zero-order chi connectivity index (χ0) is 12.8. The van der Waals surface area contributed by atoms with Crippen LogP contribution in [0.3, 0.4) is 0 Å². The van der Waals surface area contributed by atoms with Crippen molar-refractivity contribution in [2.45, 2.75) is 13.3 Å². The minimum atomic E-state index is -0.943. The van der Waals surface area contributed by atoms with Crippen LogP contribution in [-0.4, -0.2) is 17.7 Å². The maximum atomic E-state index is 10.7. The molecule has 1 N–H and O–H groups in total. The molecule has 0 saturated heterocycles. The fourth-order valence-corrected chi connectivity index (χ4v) is 1.74. The fraction of sp³-hybridized carbons (Fsp3) is 0.250. The Hall–Kier alpha value is -1.19. The number of hydrogen-bond acceptors (Lipinski definition) is 2. The zero-order valence-corrected chi connectivity index (χ0v) is 10.8. The van der Waals surface area contributed by atoms with Gasteiger partial charge in [-0.2, -0.15) is 0 Å². The Morgan fingerprint density at radius 3 is 2.47 bits per heavy atom. The van der Waals surface area contributed by atoms with E-state index in [0.29, 0.717) is 27.8 Å². The van der Waals surface area contributed by atoms with Gasteiger partial charge in [0.25, 0.3) is 0 Å². The third kappa shape index (κ3) is 3.95. The Kier molecular flexibility index (Phi) is 5.32. The van der Waals surface area contributed by atoms with Crippen LogP contribution in [0.1, 0.15) is 13.3 Å². The molecule has 0 aliphatic rings. The maximum Gasteiger partial charge on any atom is 0.331 e. The number of carbonyl (C=O) groups is 1. The number of aliphatic carboxylic acids is 1. The molecule has 92 valence electrons. The molecule has 0 bridgehead atoms. The average Bonchev–Trinajstić information content (AvgIpc) is 2.27. The minimum absolute atomic E-state index is 0.124. The first kappa shape index (κ1) is 13.9. The van der Waals surface area contributed by atoms with Crippen molar-refractivity contribution >= 4 is 29.2 Å². The van der Waals surface area contributed by atoms with Crippen LogP contribution < -0.4 is 4.74 Å². The summed E-state index contributed by atoms with van der Waals surface area (Å²) in [5, 5.41) is 9.61. The van der Waals surface area contributed by atoms with Gasteiger partial charge in [0.2, 0.25) is 0 Å². The number of rotatable bonds is 5. The summed E-state index contributed by atoms with van der Waals surface area (Å²) in [4.78, 5) is 10.7. The van der Waals surface area contributed by atoms with Crippen LogP contribution in [0, 0.1) is 0 Å². The van der Waals surface area contributed by atoms with Crippen LogP contribution in [0.2, 0.25) is 10.0 Å². The molecule has 0 fully saturated rings. The SMILES string of the molecule is CCC(=CCOc1c(Cl)cccc1Cl)C(=O)O. The monoisotopic (exact) mass is 274 g/mol.